The Balaban J connectivity index is 3.07. The van der Waals surface area contributed by atoms with Crippen molar-refractivity contribution in [2.75, 3.05) is 0 Å². The van der Waals surface area contributed by atoms with Gasteiger partial charge in [0.2, 0.25) is 0 Å². The lowest BCUT2D eigenvalue weighted by Crippen LogP contribution is -2.13. The predicted octanol–water partition coefficient (Wildman–Crippen LogP) is 1.61. The van der Waals surface area contributed by atoms with Crippen LogP contribution in [-0.2, 0) is 4.79 Å². The molecule has 1 aromatic rings. The van der Waals surface area contributed by atoms with Crippen molar-refractivity contribution in [1.29, 1.82) is 0 Å². The average Bonchev–Trinajstić information content (AvgIpc) is 2.09. The highest BCUT2D eigenvalue weighted by molar-refractivity contribution is 9.10. The van der Waals surface area contributed by atoms with Crippen molar-refractivity contribution < 1.29 is 10.0 Å². The van der Waals surface area contributed by atoms with Gasteiger partial charge in [-0.3, -0.25) is 9.78 Å². The van der Waals surface area contributed by atoms with E-state index in [9.17, 15) is 4.79 Å². The van der Waals surface area contributed by atoms with E-state index in [0.29, 0.717) is 5.69 Å². The maximum absolute atomic E-state index is 10.9. The van der Waals surface area contributed by atoms with E-state index in [-0.39, 0.29) is 11.5 Å². The third kappa shape index (κ3) is 2.35. The number of ketones is 1. The fourth-order valence-corrected chi connectivity index (χ4v) is 1.05. The summed E-state index contributed by atoms with van der Waals surface area (Å²) in [4.78, 5) is 14.8. The van der Waals surface area contributed by atoms with Gasteiger partial charge in [0, 0.05) is 17.6 Å². The van der Waals surface area contributed by atoms with Crippen LogP contribution in [0.15, 0.2) is 28.0 Å². The zero-order valence-electron chi connectivity index (χ0n) is 6.86. The molecule has 5 heteroatoms. The van der Waals surface area contributed by atoms with Gasteiger partial charge in [0.1, 0.15) is 0 Å². The number of carbonyl (C=O) groups is 1. The molecular formula is C8H7BrN2O2. The summed E-state index contributed by atoms with van der Waals surface area (Å²) >= 11 is 3.20. The van der Waals surface area contributed by atoms with Crippen molar-refractivity contribution in [3.8, 4) is 0 Å². The summed E-state index contributed by atoms with van der Waals surface area (Å²) in [6.07, 6.45) is 1.53. The third-order valence-electron chi connectivity index (χ3n) is 1.40. The molecule has 0 aliphatic carbocycles. The number of oxime groups is 1. The van der Waals surface area contributed by atoms with Crippen molar-refractivity contribution >= 4 is 27.4 Å². The minimum absolute atomic E-state index is 0.0347. The normalized spacial score (nSPS) is 11.4. The van der Waals surface area contributed by atoms with Gasteiger partial charge in [0.15, 0.2) is 11.5 Å². The van der Waals surface area contributed by atoms with E-state index in [1.165, 1.54) is 13.1 Å². The zero-order valence-corrected chi connectivity index (χ0v) is 8.45. The van der Waals surface area contributed by atoms with E-state index in [2.05, 4.69) is 26.1 Å². The van der Waals surface area contributed by atoms with Crippen LogP contribution < -0.4 is 0 Å². The van der Waals surface area contributed by atoms with Gasteiger partial charge in [-0.25, -0.2) is 0 Å². The Hall–Kier alpha value is -1.23. The Morgan fingerprint density at radius 2 is 2.31 bits per heavy atom. The Bertz CT molecular complexity index is 346. The molecule has 0 unspecified atom stereocenters. The van der Waals surface area contributed by atoms with Crippen LogP contribution in [0.3, 0.4) is 0 Å². The first-order valence-electron chi connectivity index (χ1n) is 3.50. The van der Waals surface area contributed by atoms with Crippen molar-refractivity contribution in [2.24, 2.45) is 5.16 Å². The fourth-order valence-electron chi connectivity index (χ4n) is 0.818. The molecule has 0 saturated carbocycles. The largest absolute Gasteiger partial charge is 0.410 e. The summed E-state index contributed by atoms with van der Waals surface area (Å²) in [5, 5.41) is 11.4. The highest BCUT2D eigenvalue weighted by Gasteiger charge is 2.10. The second-order valence-corrected chi connectivity index (χ2v) is 3.28. The van der Waals surface area contributed by atoms with Crippen LogP contribution >= 0.6 is 15.9 Å². The van der Waals surface area contributed by atoms with Gasteiger partial charge in [-0.1, -0.05) is 5.16 Å². The number of nitrogens with zero attached hydrogens (tertiary/aromatic N) is 2. The zero-order chi connectivity index (χ0) is 9.84. The predicted molar refractivity (Wildman–Crippen MR) is 50.9 cm³/mol. The smallest absolute Gasteiger partial charge is 0.183 e. The molecule has 13 heavy (non-hydrogen) atoms. The van der Waals surface area contributed by atoms with E-state index < -0.39 is 0 Å². The van der Waals surface area contributed by atoms with Crippen LogP contribution in [-0.4, -0.2) is 21.7 Å². The number of rotatable bonds is 2. The molecule has 68 valence electrons. The summed E-state index contributed by atoms with van der Waals surface area (Å²) in [7, 11) is 0. The van der Waals surface area contributed by atoms with Crippen LogP contribution in [0.5, 0.6) is 0 Å². The molecule has 1 N–H and O–H groups in total. The SMILES string of the molecule is CC(=O)/C(=N\O)c1ccc(Br)cn1. The van der Waals surface area contributed by atoms with Gasteiger partial charge in [0.05, 0.1) is 5.69 Å². The van der Waals surface area contributed by atoms with E-state index in [1.807, 2.05) is 0 Å². The van der Waals surface area contributed by atoms with Crippen LogP contribution in [0.25, 0.3) is 0 Å². The quantitative estimate of drug-likeness (QED) is 0.487. The molecule has 0 atom stereocenters. The number of carbonyl (C=O) groups excluding carboxylic acids is 1. The highest BCUT2D eigenvalue weighted by Crippen LogP contribution is 2.08. The molecule has 0 fully saturated rings. The van der Waals surface area contributed by atoms with Gasteiger partial charge >= 0.3 is 0 Å². The van der Waals surface area contributed by atoms with Gasteiger partial charge in [-0.2, -0.15) is 0 Å². The molecule has 0 saturated heterocycles. The maximum atomic E-state index is 10.9. The van der Waals surface area contributed by atoms with Gasteiger partial charge in [-0.15, -0.1) is 0 Å². The molecule has 1 aromatic heterocycles. The minimum atomic E-state index is -0.322. The molecular weight excluding hydrogens is 236 g/mol. The number of Topliss-reactive ketones (excluding diaryl/α,β-unsaturated/α-hetero) is 1. The molecule has 1 heterocycles. The third-order valence-corrected chi connectivity index (χ3v) is 1.87. The minimum Gasteiger partial charge on any atom is -0.410 e. The topological polar surface area (TPSA) is 62.5 Å². The first-order chi connectivity index (χ1) is 6.15. The van der Waals surface area contributed by atoms with Crippen LogP contribution in [0, 0.1) is 0 Å². The first kappa shape index (κ1) is 9.85. The molecule has 0 radical (unpaired) electrons. The molecule has 0 aromatic carbocycles. The number of aromatic nitrogens is 1. The lowest BCUT2D eigenvalue weighted by molar-refractivity contribution is -0.111. The summed E-state index contributed by atoms with van der Waals surface area (Å²) in [6.45, 7) is 1.32. The molecule has 0 amide bonds. The van der Waals surface area contributed by atoms with Gasteiger partial charge in [0.25, 0.3) is 0 Å². The maximum Gasteiger partial charge on any atom is 0.183 e. The summed E-state index contributed by atoms with van der Waals surface area (Å²) in [5.74, 6) is -0.322. The fraction of sp³-hybridized carbons (Fsp3) is 0.125. The lowest BCUT2D eigenvalue weighted by atomic mass is 10.2. The van der Waals surface area contributed by atoms with Crippen molar-refractivity contribution in [3.63, 3.8) is 0 Å². The van der Waals surface area contributed by atoms with Gasteiger partial charge in [-0.05, 0) is 28.1 Å². The molecule has 0 bridgehead atoms. The lowest BCUT2D eigenvalue weighted by Gasteiger charge is -1.98. The second-order valence-electron chi connectivity index (χ2n) is 2.37. The number of pyridine rings is 1. The Labute approximate surface area is 83.4 Å². The summed E-state index contributed by atoms with van der Waals surface area (Å²) < 4.78 is 0.803. The molecule has 0 aliphatic rings. The van der Waals surface area contributed by atoms with Crippen molar-refractivity contribution in [3.05, 3.63) is 28.5 Å². The number of halogens is 1. The first-order valence-corrected chi connectivity index (χ1v) is 4.29. The molecule has 0 spiro atoms. The number of hydrogen-bond donors (Lipinski definition) is 1. The van der Waals surface area contributed by atoms with Crippen LogP contribution in [0.1, 0.15) is 12.6 Å². The molecule has 1 rings (SSSR count). The van der Waals surface area contributed by atoms with E-state index >= 15 is 0 Å². The Morgan fingerprint density at radius 1 is 1.62 bits per heavy atom. The monoisotopic (exact) mass is 242 g/mol. The van der Waals surface area contributed by atoms with Crippen molar-refractivity contribution in [1.82, 2.24) is 4.98 Å². The van der Waals surface area contributed by atoms with Crippen molar-refractivity contribution in [2.45, 2.75) is 6.92 Å². The second kappa shape index (κ2) is 4.13. The van der Waals surface area contributed by atoms with E-state index in [1.54, 1.807) is 12.1 Å². The highest BCUT2D eigenvalue weighted by atomic mass is 79.9. The van der Waals surface area contributed by atoms with Gasteiger partial charge < -0.3 is 5.21 Å². The average molecular weight is 243 g/mol. The summed E-state index contributed by atoms with van der Waals surface area (Å²) in [5.41, 5.74) is 0.325. The Morgan fingerprint density at radius 3 is 2.69 bits per heavy atom. The van der Waals surface area contributed by atoms with Crippen LogP contribution in [0.2, 0.25) is 0 Å². The Kier molecular flexibility index (Phi) is 3.13. The van der Waals surface area contributed by atoms with E-state index in [4.69, 9.17) is 5.21 Å². The van der Waals surface area contributed by atoms with E-state index in [0.717, 1.165) is 4.47 Å². The standard InChI is InChI=1S/C8H7BrN2O2/c1-5(12)8(11-13)7-3-2-6(9)4-10-7/h2-4,13H,1H3/b11-8+. The molecule has 0 aliphatic heterocycles. The number of hydrogen-bond acceptors (Lipinski definition) is 4. The molecule has 4 nitrogen and oxygen atoms in total. The summed E-state index contributed by atoms with van der Waals surface area (Å²) in [6, 6.07) is 3.32. The van der Waals surface area contributed by atoms with Crippen LogP contribution in [0.4, 0.5) is 0 Å².